The molecule has 0 bridgehead atoms. The maximum atomic E-state index is 13.2. The van der Waals surface area contributed by atoms with Gasteiger partial charge in [-0.2, -0.15) is 9.78 Å². The number of hydrogen-bond acceptors (Lipinski definition) is 5. The Morgan fingerprint density at radius 3 is 2.61 bits per heavy atom. The summed E-state index contributed by atoms with van der Waals surface area (Å²) in [5, 5.41) is 5.03. The third kappa shape index (κ3) is 5.46. The summed E-state index contributed by atoms with van der Waals surface area (Å²) in [6.45, 7) is 10.4. The highest BCUT2D eigenvalue weighted by Crippen LogP contribution is 2.34. The molecule has 0 unspecified atom stereocenters. The molecule has 0 amide bonds. The fourth-order valence-electron chi connectivity index (χ4n) is 3.05. The van der Waals surface area contributed by atoms with Crippen LogP contribution in [0.3, 0.4) is 0 Å². The van der Waals surface area contributed by atoms with E-state index >= 15 is 0 Å². The first-order chi connectivity index (χ1) is 14.7. The Bertz CT molecular complexity index is 1190. The lowest BCUT2D eigenvalue weighted by atomic mass is 10.2. The van der Waals surface area contributed by atoms with Crippen LogP contribution in [0.1, 0.15) is 51.9 Å². The molecule has 3 aromatic rings. The average molecular weight is 598 g/mol. The molecule has 3 rings (SSSR count). The standard InChI is InChI=1S/C23H25BrIN3O3/c1-6-30-20-10-15(9-18(25)21(20)31-14(4)5)12-26-28-22(13(2)3)27-19-8-7-16(24)11-17(19)23(28)29/h7-14H,6H2,1-5H3. The molecule has 0 aliphatic rings. The van der Waals surface area contributed by atoms with Gasteiger partial charge in [-0.1, -0.05) is 29.8 Å². The molecule has 2 aromatic carbocycles. The van der Waals surface area contributed by atoms with Crippen molar-refractivity contribution < 1.29 is 9.47 Å². The Labute approximate surface area is 203 Å². The van der Waals surface area contributed by atoms with Crippen molar-refractivity contribution in [1.29, 1.82) is 0 Å². The van der Waals surface area contributed by atoms with Crippen molar-refractivity contribution in [1.82, 2.24) is 9.66 Å². The fraction of sp³-hybridized carbons (Fsp3) is 0.348. The fourth-order valence-corrected chi connectivity index (χ4v) is 4.16. The molecule has 0 aliphatic carbocycles. The van der Waals surface area contributed by atoms with Crippen LogP contribution >= 0.6 is 38.5 Å². The Balaban J connectivity index is 2.11. The quantitative estimate of drug-likeness (QED) is 0.249. The van der Waals surface area contributed by atoms with E-state index in [1.54, 1.807) is 12.3 Å². The van der Waals surface area contributed by atoms with Crippen LogP contribution in [0.4, 0.5) is 0 Å². The van der Waals surface area contributed by atoms with Crippen molar-refractivity contribution in [3.05, 3.63) is 60.1 Å². The highest BCUT2D eigenvalue weighted by atomic mass is 127. The van der Waals surface area contributed by atoms with Gasteiger partial charge in [-0.15, -0.1) is 0 Å². The third-order valence-electron chi connectivity index (χ3n) is 4.36. The first-order valence-corrected chi connectivity index (χ1v) is 12.0. The zero-order chi connectivity index (χ0) is 22.7. The van der Waals surface area contributed by atoms with Crippen LogP contribution in [-0.2, 0) is 0 Å². The molecule has 0 saturated heterocycles. The predicted octanol–water partition coefficient (Wildman–Crippen LogP) is 5.96. The second-order valence-electron chi connectivity index (χ2n) is 7.58. The number of hydrogen-bond donors (Lipinski definition) is 0. The molecule has 164 valence electrons. The first kappa shape index (κ1) is 23.7. The number of benzene rings is 2. The molecular weight excluding hydrogens is 573 g/mol. The van der Waals surface area contributed by atoms with Gasteiger partial charge >= 0.3 is 0 Å². The molecule has 8 heteroatoms. The van der Waals surface area contributed by atoms with E-state index in [2.05, 4.69) is 48.6 Å². The minimum Gasteiger partial charge on any atom is -0.490 e. The lowest BCUT2D eigenvalue weighted by Gasteiger charge is -2.17. The van der Waals surface area contributed by atoms with Crippen molar-refractivity contribution >= 4 is 55.6 Å². The molecule has 0 N–H and O–H groups in total. The van der Waals surface area contributed by atoms with E-state index < -0.39 is 0 Å². The van der Waals surface area contributed by atoms with Crippen LogP contribution in [0.15, 0.2) is 44.7 Å². The summed E-state index contributed by atoms with van der Waals surface area (Å²) in [6, 6.07) is 9.32. The summed E-state index contributed by atoms with van der Waals surface area (Å²) >= 11 is 5.65. The molecule has 1 aromatic heterocycles. The number of aromatic nitrogens is 2. The second kappa shape index (κ2) is 10.1. The van der Waals surface area contributed by atoms with Crippen molar-refractivity contribution in [3.63, 3.8) is 0 Å². The zero-order valence-electron chi connectivity index (χ0n) is 18.1. The molecule has 6 nitrogen and oxygen atoms in total. The van der Waals surface area contributed by atoms with Crippen LogP contribution in [0, 0.1) is 3.57 Å². The van der Waals surface area contributed by atoms with Gasteiger partial charge < -0.3 is 9.47 Å². The minimum atomic E-state index is -0.203. The summed E-state index contributed by atoms with van der Waals surface area (Å²) in [5.41, 5.74) is 1.26. The van der Waals surface area contributed by atoms with E-state index in [1.807, 2.05) is 58.9 Å². The highest BCUT2D eigenvalue weighted by Gasteiger charge is 2.15. The van der Waals surface area contributed by atoms with E-state index in [-0.39, 0.29) is 17.6 Å². The number of halogens is 2. The molecule has 0 atom stereocenters. The predicted molar refractivity (Wildman–Crippen MR) is 137 cm³/mol. The molecule has 0 saturated carbocycles. The van der Waals surface area contributed by atoms with Gasteiger partial charge in [0, 0.05) is 10.4 Å². The lowest BCUT2D eigenvalue weighted by molar-refractivity contribution is 0.222. The molecule has 0 radical (unpaired) electrons. The lowest BCUT2D eigenvalue weighted by Crippen LogP contribution is -2.23. The largest absolute Gasteiger partial charge is 0.490 e. The minimum absolute atomic E-state index is 0.0267. The van der Waals surface area contributed by atoms with E-state index in [1.165, 1.54) is 4.68 Å². The first-order valence-electron chi connectivity index (χ1n) is 10.1. The molecule has 0 aliphatic heterocycles. The van der Waals surface area contributed by atoms with Gasteiger partial charge in [-0.25, -0.2) is 4.98 Å². The van der Waals surface area contributed by atoms with Crippen LogP contribution in [-0.4, -0.2) is 28.6 Å². The Kier molecular flexibility index (Phi) is 7.74. The van der Waals surface area contributed by atoms with Gasteiger partial charge in [0.15, 0.2) is 11.5 Å². The van der Waals surface area contributed by atoms with Gasteiger partial charge in [0.25, 0.3) is 5.56 Å². The smallest absolute Gasteiger partial charge is 0.282 e. The third-order valence-corrected chi connectivity index (χ3v) is 5.65. The van der Waals surface area contributed by atoms with Gasteiger partial charge in [0.1, 0.15) is 5.82 Å². The normalized spacial score (nSPS) is 11.8. The van der Waals surface area contributed by atoms with E-state index in [4.69, 9.17) is 9.47 Å². The topological polar surface area (TPSA) is 65.7 Å². The summed E-state index contributed by atoms with van der Waals surface area (Å²) in [7, 11) is 0. The monoisotopic (exact) mass is 597 g/mol. The van der Waals surface area contributed by atoms with Crippen molar-refractivity contribution in [2.45, 2.75) is 46.6 Å². The van der Waals surface area contributed by atoms with E-state index in [0.717, 1.165) is 13.6 Å². The molecule has 0 spiro atoms. The average Bonchev–Trinajstić information content (AvgIpc) is 2.70. The van der Waals surface area contributed by atoms with Crippen molar-refractivity contribution in [2.24, 2.45) is 5.10 Å². The maximum absolute atomic E-state index is 13.2. The Hall–Kier alpha value is -1.94. The Morgan fingerprint density at radius 2 is 1.97 bits per heavy atom. The number of rotatable bonds is 7. The van der Waals surface area contributed by atoms with Crippen LogP contribution in [0.2, 0.25) is 0 Å². The number of nitrogens with zero attached hydrogens (tertiary/aromatic N) is 3. The van der Waals surface area contributed by atoms with Crippen molar-refractivity contribution in [3.8, 4) is 11.5 Å². The van der Waals surface area contributed by atoms with Gasteiger partial charge in [-0.3, -0.25) is 4.79 Å². The number of fused-ring (bicyclic) bond motifs is 1. The van der Waals surface area contributed by atoms with Crippen LogP contribution < -0.4 is 15.0 Å². The van der Waals surface area contributed by atoms with E-state index in [0.29, 0.717) is 34.8 Å². The second-order valence-corrected chi connectivity index (χ2v) is 9.66. The summed E-state index contributed by atoms with van der Waals surface area (Å²) < 4.78 is 14.8. The highest BCUT2D eigenvalue weighted by molar-refractivity contribution is 14.1. The molecule has 0 fully saturated rings. The van der Waals surface area contributed by atoms with E-state index in [9.17, 15) is 4.79 Å². The molecule has 31 heavy (non-hydrogen) atoms. The van der Waals surface area contributed by atoms with Crippen LogP contribution in [0.5, 0.6) is 11.5 Å². The summed E-state index contributed by atoms with van der Waals surface area (Å²) in [5.74, 6) is 2.00. The maximum Gasteiger partial charge on any atom is 0.282 e. The zero-order valence-corrected chi connectivity index (χ0v) is 21.9. The molecule has 1 heterocycles. The number of ether oxygens (including phenoxy) is 2. The van der Waals surface area contributed by atoms with Gasteiger partial charge in [0.05, 0.1) is 33.4 Å². The van der Waals surface area contributed by atoms with Crippen molar-refractivity contribution in [2.75, 3.05) is 6.61 Å². The molecular formula is C23H25BrIN3O3. The summed E-state index contributed by atoms with van der Waals surface area (Å²) in [6.07, 6.45) is 1.69. The van der Waals surface area contributed by atoms with Gasteiger partial charge in [-0.05, 0) is 79.3 Å². The van der Waals surface area contributed by atoms with Gasteiger partial charge in [0.2, 0.25) is 0 Å². The summed E-state index contributed by atoms with van der Waals surface area (Å²) in [4.78, 5) is 17.9. The SMILES string of the molecule is CCOc1cc(C=Nn2c(C(C)C)nc3ccc(Br)cc3c2=O)cc(I)c1OC(C)C. The Morgan fingerprint density at radius 1 is 1.23 bits per heavy atom. The van der Waals surface area contributed by atoms with Crippen LogP contribution in [0.25, 0.3) is 10.9 Å².